The molecule has 7 heteroatoms. The van der Waals surface area contributed by atoms with Gasteiger partial charge >= 0.3 is 0 Å². The van der Waals surface area contributed by atoms with Gasteiger partial charge in [0.2, 0.25) is 15.9 Å². The lowest BCUT2D eigenvalue weighted by Gasteiger charge is -2.19. The first-order valence-electron chi connectivity index (χ1n) is 5.90. The van der Waals surface area contributed by atoms with Crippen molar-refractivity contribution in [1.29, 1.82) is 0 Å². The summed E-state index contributed by atoms with van der Waals surface area (Å²) in [5.41, 5.74) is 5.72. The lowest BCUT2D eigenvalue weighted by Crippen LogP contribution is -2.33. The summed E-state index contributed by atoms with van der Waals surface area (Å²) in [6, 6.07) is 6.00. The van der Waals surface area contributed by atoms with Crippen molar-refractivity contribution in [2.75, 3.05) is 11.9 Å². The molecule has 0 spiro atoms. The summed E-state index contributed by atoms with van der Waals surface area (Å²) in [7, 11) is -3.88. The molecule has 1 aromatic rings. The second-order valence-corrected chi connectivity index (χ2v) is 6.15. The fourth-order valence-electron chi connectivity index (χ4n) is 1.73. The number of para-hydroxylation sites is 1. The van der Waals surface area contributed by atoms with Crippen LogP contribution < -0.4 is 16.2 Å². The summed E-state index contributed by atoms with van der Waals surface area (Å²) in [5.74, 6) is -0.631. The molecule has 1 unspecified atom stereocenters. The molecule has 5 N–H and O–H groups in total. The van der Waals surface area contributed by atoms with Crippen LogP contribution in [0.1, 0.15) is 13.8 Å². The molecule has 6 nitrogen and oxygen atoms in total. The third-order valence-corrected chi connectivity index (χ3v) is 3.82. The largest absolute Gasteiger partial charge is 0.330 e. The first-order chi connectivity index (χ1) is 8.77. The fourth-order valence-corrected chi connectivity index (χ4v) is 2.42. The molecular formula is C12H19N3O3S. The van der Waals surface area contributed by atoms with E-state index < -0.39 is 10.0 Å². The zero-order chi connectivity index (χ0) is 14.6. The third-order valence-electron chi connectivity index (χ3n) is 2.85. The van der Waals surface area contributed by atoms with E-state index in [9.17, 15) is 13.2 Å². The summed E-state index contributed by atoms with van der Waals surface area (Å²) < 4.78 is 22.8. The van der Waals surface area contributed by atoms with Crippen LogP contribution in [0.5, 0.6) is 0 Å². The van der Waals surface area contributed by atoms with E-state index in [1.54, 1.807) is 6.07 Å². The zero-order valence-corrected chi connectivity index (χ0v) is 11.8. The van der Waals surface area contributed by atoms with Crippen molar-refractivity contribution in [2.24, 2.45) is 22.7 Å². The SMILES string of the molecule is CC(C)C(CN)C(=O)Nc1ccccc1S(N)(=O)=O. The van der Waals surface area contributed by atoms with Gasteiger partial charge in [-0.2, -0.15) is 0 Å². The van der Waals surface area contributed by atoms with Gasteiger partial charge in [-0.1, -0.05) is 26.0 Å². The molecule has 0 saturated heterocycles. The minimum Gasteiger partial charge on any atom is -0.330 e. The molecule has 106 valence electrons. The average molecular weight is 285 g/mol. The van der Waals surface area contributed by atoms with E-state index in [0.717, 1.165) is 0 Å². The van der Waals surface area contributed by atoms with Crippen LogP contribution in [0.15, 0.2) is 29.2 Å². The maximum Gasteiger partial charge on any atom is 0.240 e. The Labute approximate surface area is 113 Å². The topological polar surface area (TPSA) is 115 Å². The molecule has 0 bridgehead atoms. The van der Waals surface area contributed by atoms with E-state index in [2.05, 4.69) is 5.32 Å². The predicted octanol–water partition coefficient (Wildman–Crippen LogP) is 0.503. The molecule has 0 aliphatic heterocycles. The predicted molar refractivity (Wildman–Crippen MR) is 73.8 cm³/mol. The summed E-state index contributed by atoms with van der Waals surface area (Å²) in [6.07, 6.45) is 0. The van der Waals surface area contributed by atoms with Gasteiger partial charge in [-0.15, -0.1) is 0 Å². The molecule has 19 heavy (non-hydrogen) atoms. The molecule has 1 amide bonds. The molecule has 1 aromatic carbocycles. The van der Waals surface area contributed by atoms with Crippen molar-refractivity contribution in [3.63, 3.8) is 0 Å². The van der Waals surface area contributed by atoms with Crippen molar-refractivity contribution in [3.05, 3.63) is 24.3 Å². The normalized spacial score (nSPS) is 13.3. The lowest BCUT2D eigenvalue weighted by atomic mass is 9.95. The Balaban J connectivity index is 3.04. The standard InChI is InChI=1S/C12H19N3O3S/c1-8(2)9(7-13)12(16)15-10-5-3-4-6-11(10)19(14,17)18/h3-6,8-9H,7,13H2,1-2H3,(H,15,16)(H2,14,17,18). The summed E-state index contributed by atoms with van der Waals surface area (Å²) in [4.78, 5) is 11.9. The average Bonchev–Trinajstić information content (AvgIpc) is 2.28. The van der Waals surface area contributed by atoms with E-state index in [-0.39, 0.29) is 34.9 Å². The molecule has 0 aliphatic carbocycles. The Kier molecular flexibility index (Phi) is 5.04. The van der Waals surface area contributed by atoms with Crippen LogP contribution in [0.4, 0.5) is 5.69 Å². The highest BCUT2D eigenvalue weighted by Gasteiger charge is 2.22. The minimum atomic E-state index is -3.88. The van der Waals surface area contributed by atoms with Gasteiger partial charge in [0.1, 0.15) is 4.90 Å². The van der Waals surface area contributed by atoms with E-state index in [1.165, 1.54) is 18.2 Å². The first kappa shape index (κ1) is 15.6. The Hall–Kier alpha value is -1.44. The number of hydrogen-bond acceptors (Lipinski definition) is 4. The third kappa shape index (κ3) is 4.02. The first-order valence-corrected chi connectivity index (χ1v) is 7.44. The number of benzene rings is 1. The van der Waals surface area contributed by atoms with Crippen molar-refractivity contribution < 1.29 is 13.2 Å². The van der Waals surface area contributed by atoms with Crippen LogP contribution in [0.25, 0.3) is 0 Å². The van der Waals surface area contributed by atoms with Crippen LogP contribution in [-0.2, 0) is 14.8 Å². The van der Waals surface area contributed by atoms with Crippen molar-refractivity contribution in [2.45, 2.75) is 18.7 Å². The van der Waals surface area contributed by atoms with Gasteiger partial charge in [-0.05, 0) is 18.1 Å². The molecule has 0 radical (unpaired) electrons. The monoisotopic (exact) mass is 285 g/mol. The maximum atomic E-state index is 12.0. The molecule has 0 saturated carbocycles. The smallest absolute Gasteiger partial charge is 0.240 e. The highest BCUT2D eigenvalue weighted by molar-refractivity contribution is 7.89. The van der Waals surface area contributed by atoms with Crippen molar-refractivity contribution >= 4 is 21.6 Å². The molecule has 0 aromatic heterocycles. The van der Waals surface area contributed by atoms with Gasteiger partial charge in [-0.25, -0.2) is 13.6 Å². The Morgan fingerprint density at radius 3 is 2.37 bits per heavy atom. The van der Waals surface area contributed by atoms with E-state index in [4.69, 9.17) is 10.9 Å². The Morgan fingerprint density at radius 2 is 1.89 bits per heavy atom. The number of nitrogens with two attached hydrogens (primary N) is 2. The van der Waals surface area contributed by atoms with Gasteiger partial charge in [-0.3, -0.25) is 4.79 Å². The van der Waals surface area contributed by atoms with Crippen LogP contribution in [0.3, 0.4) is 0 Å². The highest BCUT2D eigenvalue weighted by Crippen LogP contribution is 2.21. The van der Waals surface area contributed by atoms with Crippen LogP contribution >= 0.6 is 0 Å². The van der Waals surface area contributed by atoms with Crippen molar-refractivity contribution in [3.8, 4) is 0 Å². The number of rotatable bonds is 5. The number of sulfonamides is 1. The fraction of sp³-hybridized carbons (Fsp3) is 0.417. The molecule has 0 fully saturated rings. The maximum absolute atomic E-state index is 12.0. The van der Waals surface area contributed by atoms with Crippen LogP contribution in [0, 0.1) is 11.8 Å². The number of anilines is 1. The van der Waals surface area contributed by atoms with Gasteiger partial charge < -0.3 is 11.1 Å². The van der Waals surface area contributed by atoms with Gasteiger partial charge in [0.05, 0.1) is 11.6 Å². The van der Waals surface area contributed by atoms with E-state index in [1.807, 2.05) is 13.8 Å². The number of hydrogen-bond donors (Lipinski definition) is 3. The van der Waals surface area contributed by atoms with Gasteiger partial charge in [0, 0.05) is 6.54 Å². The number of primary sulfonamides is 1. The Bertz CT molecular complexity index is 555. The van der Waals surface area contributed by atoms with Crippen molar-refractivity contribution in [1.82, 2.24) is 0 Å². The lowest BCUT2D eigenvalue weighted by molar-refractivity contribution is -0.120. The highest BCUT2D eigenvalue weighted by atomic mass is 32.2. The summed E-state index contributed by atoms with van der Waals surface area (Å²) in [6.45, 7) is 3.95. The minimum absolute atomic E-state index is 0.0617. The van der Waals surface area contributed by atoms with E-state index >= 15 is 0 Å². The molecule has 1 atom stereocenters. The molecule has 0 heterocycles. The number of amides is 1. The zero-order valence-electron chi connectivity index (χ0n) is 11.0. The van der Waals surface area contributed by atoms with E-state index in [0.29, 0.717) is 0 Å². The Morgan fingerprint density at radius 1 is 1.32 bits per heavy atom. The quantitative estimate of drug-likeness (QED) is 0.730. The second-order valence-electron chi connectivity index (χ2n) is 4.62. The summed E-state index contributed by atoms with van der Waals surface area (Å²) >= 11 is 0. The summed E-state index contributed by atoms with van der Waals surface area (Å²) in [5, 5.41) is 7.67. The molecular weight excluding hydrogens is 266 g/mol. The molecule has 1 rings (SSSR count). The number of carbonyl (C=O) groups is 1. The van der Waals surface area contributed by atoms with Crippen LogP contribution in [0.2, 0.25) is 0 Å². The number of nitrogens with one attached hydrogen (secondary N) is 1. The molecule has 0 aliphatic rings. The van der Waals surface area contributed by atoms with Gasteiger partial charge in [0.15, 0.2) is 0 Å². The van der Waals surface area contributed by atoms with Crippen LogP contribution in [-0.4, -0.2) is 20.9 Å². The second kappa shape index (κ2) is 6.14. The number of carbonyl (C=O) groups excluding carboxylic acids is 1. The van der Waals surface area contributed by atoms with Gasteiger partial charge in [0.25, 0.3) is 0 Å².